The maximum atomic E-state index is 10.2. The number of carbonyl (C=O) groups excluding carboxylic acids is 2. The fraction of sp³-hybridized carbons (Fsp3) is 0.500. The molecule has 0 aromatic heterocycles. The van der Waals surface area contributed by atoms with Crippen LogP contribution in [-0.2, 0) is 9.59 Å². The summed E-state index contributed by atoms with van der Waals surface area (Å²) in [6.45, 7) is 0.525. The summed E-state index contributed by atoms with van der Waals surface area (Å²) in [5.74, 6) is -0.722. The Labute approximate surface area is 63.8 Å². The lowest BCUT2D eigenvalue weighted by molar-refractivity contribution is -0.135. The van der Waals surface area contributed by atoms with Gasteiger partial charge in [-0.1, -0.05) is 0 Å². The summed E-state index contributed by atoms with van der Waals surface area (Å²) in [6.07, 6.45) is 0.374. The second-order valence-corrected chi connectivity index (χ2v) is 1.43. The van der Waals surface area contributed by atoms with Crippen molar-refractivity contribution in [3.63, 3.8) is 0 Å². The highest BCUT2D eigenvalue weighted by Crippen LogP contribution is 1.88. The van der Waals surface area contributed by atoms with Crippen molar-refractivity contribution in [1.29, 1.82) is 0 Å². The molecule has 1 rings (SSSR count). The average molecular weight is 227 g/mol. The highest BCUT2D eigenvalue weighted by atomic mass is 127. The lowest BCUT2D eigenvalue weighted by Gasteiger charge is -1.78. The van der Waals surface area contributed by atoms with Gasteiger partial charge in [0.2, 0.25) is 5.78 Å². The van der Waals surface area contributed by atoms with E-state index in [0.29, 0.717) is 13.0 Å². The molecule has 0 saturated carbocycles. The molecule has 4 heteroatoms. The Morgan fingerprint density at radius 1 is 1.38 bits per heavy atom. The van der Waals surface area contributed by atoms with Crippen LogP contribution >= 0.6 is 24.0 Å². The molecule has 0 atom stereocenters. The lowest BCUT2D eigenvalue weighted by Crippen LogP contribution is -2.18. The Kier molecular flexibility index (Phi) is 2.96. The molecule has 1 saturated heterocycles. The molecule has 46 valence electrons. The predicted molar refractivity (Wildman–Crippen MR) is 38.0 cm³/mol. The number of rotatable bonds is 0. The first kappa shape index (κ1) is 7.87. The van der Waals surface area contributed by atoms with E-state index in [-0.39, 0.29) is 29.8 Å². The number of halogens is 1. The Morgan fingerprint density at radius 3 is 2.12 bits per heavy atom. The minimum atomic E-state index is -0.431. The van der Waals surface area contributed by atoms with Crippen molar-refractivity contribution in [1.82, 2.24) is 5.32 Å². The second-order valence-electron chi connectivity index (χ2n) is 1.43. The first-order valence-electron chi connectivity index (χ1n) is 2.12. The number of nitrogens with one attached hydrogen (secondary N) is 1. The SMILES string of the molecule is I.O=C1CCNC1=O. The summed E-state index contributed by atoms with van der Waals surface area (Å²) in [5, 5.41) is 2.38. The summed E-state index contributed by atoms with van der Waals surface area (Å²) in [7, 11) is 0. The van der Waals surface area contributed by atoms with Gasteiger partial charge < -0.3 is 5.32 Å². The van der Waals surface area contributed by atoms with Gasteiger partial charge in [-0.25, -0.2) is 0 Å². The molecule has 1 fully saturated rings. The third kappa shape index (κ3) is 1.43. The minimum Gasteiger partial charge on any atom is -0.349 e. The Bertz CT molecular complexity index is 109. The van der Waals surface area contributed by atoms with Gasteiger partial charge in [0.15, 0.2) is 0 Å². The molecule has 0 bridgehead atoms. The van der Waals surface area contributed by atoms with Crippen LogP contribution in [0.2, 0.25) is 0 Å². The van der Waals surface area contributed by atoms with Crippen molar-refractivity contribution in [3.05, 3.63) is 0 Å². The van der Waals surface area contributed by atoms with E-state index in [4.69, 9.17) is 0 Å². The molecule has 8 heavy (non-hydrogen) atoms. The van der Waals surface area contributed by atoms with Crippen LogP contribution in [0, 0.1) is 0 Å². The summed E-state index contributed by atoms with van der Waals surface area (Å²) in [6, 6.07) is 0. The zero-order valence-electron chi connectivity index (χ0n) is 4.14. The van der Waals surface area contributed by atoms with E-state index in [0.717, 1.165) is 0 Å². The zero-order valence-corrected chi connectivity index (χ0v) is 6.47. The third-order valence-corrected chi connectivity index (χ3v) is 0.891. The van der Waals surface area contributed by atoms with E-state index in [1.54, 1.807) is 0 Å². The molecule has 0 aromatic carbocycles. The second kappa shape index (κ2) is 3.01. The molecule has 1 N–H and O–H groups in total. The topological polar surface area (TPSA) is 46.2 Å². The van der Waals surface area contributed by atoms with Crippen LogP contribution in [0.4, 0.5) is 0 Å². The molecule has 1 amide bonds. The number of ketones is 1. The van der Waals surface area contributed by atoms with Gasteiger partial charge in [0, 0.05) is 13.0 Å². The predicted octanol–water partition coefficient (Wildman–Crippen LogP) is -0.307. The standard InChI is InChI=1S/C4H5NO2.HI/c6-3-1-2-5-4(3)7;/h1-2H2,(H,5,7);1H. The number of hydrogen-bond acceptors (Lipinski definition) is 2. The van der Waals surface area contributed by atoms with Gasteiger partial charge in [0.1, 0.15) is 0 Å². The molecule has 1 aliphatic rings. The molecule has 0 radical (unpaired) electrons. The molecule has 0 unspecified atom stereocenters. The van der Waals surface area contributed by atoms with E-state index in [2.05, 4.69) is 5.32 Å². The Morgan fingerprint density at radius 2 is 2.00 bits per heavy atom. The summed E-state index contributed by atoms with van der Waals surface area (Å²) in [5.41, 5.74) is 0. The Hall–Kier alpha value is -0.130. The molecule has 0 aromatic rings. The molecular weight excluding hydrogens is 221 g/mol. The number of hydrogen-bond donors (Lipinski definition) is 1. The van der Waals surface area contributed by atoms with Crippen LogP contribution in [0.15, 0.2) is 0 Å². The maximum Gasteiger partial charge on any atom is 0.287 e. The highest BCUT2D eigenvalue weighted by Gasteiger charge is 2.18. The quantitative estimate of drug-likeness (QED) is 0.456. The van der Waals surface area contributed by atoms with Crippen LogP contribution in [0.5, 0.6) is 0 Å². The van der Waals surface area contributed by atoms with E-state index < -0.39 is 5.91 Å². The summed E-state index contributed by atoms with van der Waals surface area (Å²) < 4.78 is 0. The number of amides is 1. The molecule has 0 spiro atoms. The highest BCUT2D eigenvalue weighted by molar-refractivity contribution is 14.0. The van der Waals surface area contributed by atoms with Crippen LogP contribution in [0.3, 0.4) is 0 Å². The first-order valence-corrected chi connectivity index (χ1v) is 2.12. The monoisotopic (exact) mass is 227 g/mol. The zero-order chi connectivity index (χ0) is 5.28. The summed E-state index contributed by atoms with van der Waals surface area (Å²) in [4.78, 5) is 20.3. The average Bonchev–Trinajstić information content (AvgIpc) is 1.91. The summed E-state index contributed by atoms with van der Waals surface area (Å²) >= 11 is 0. The van der Waals surface area contributed by atoms with Gasteiger partial charge in [0.05, 0.1) is 0 Å². The van der Waals surface area contributed by atoms with E-state index in [1.807, 2.05) is 0 Å². The normalized spacial score (nSPS) is 17.5. The van der Waals surface area contributed by atoms with Crippen molar-refractivity contribution in [2.45, 2.75) is 6.42 Å². The fourth-order valence-corrected chi connectivity index (χ4v) is 0.502. The molecule has 1 heterocycles. The van der Waals surface area contributed by atoms with E-state index in [9.17, 15) is 9.59 Å². The molecule has 1 aliphatic heterocycles. The van der Waals surface area contributed by atoms with Crippen molar-refractivity contribution in [2.75, 3.05) is 6.54 Å². The molecule has 0 aliphatic carbocycles. The van der Waals surface area contributed by atoms with Crippen molar-refractivity contribution in [2.24, 2.45) is 0 Å². The van der Waals surface area contributed by atoms with Crippen LogP contribution in [0.25, 0.3) is 0 Å². The van der Waals surface area contributed by atoms with Crippen molar-refractivity contribution in [3.8, 4) is 0 Å². The van der Waals surface area contributed by atoms with Gasteiger partial charge in [-0.15, -0.1) is 24.0 Å². The lowest BCUT2D eigenvalue weighted by atomic mass is 10.3. The molecular formula is C4H6INO2. The van der Waals surface area contributed by atoms with Crippen LogP contribution in [0.1, 0.15) is 6.42 Å². The van der Waals surface area contributed by atoms with Gasteiger partial charge in [0.25, 0.3) is 5.91 Å². The van der Waals surface area contributed by atoms with Gasteiger partial charge in [-0.3, -0.25) is 9.59 Å². The largest absolute Gasteiger partial charge is 0.349 e. The first-order chi connectivity index (χ1) is 3.30. The number of Topliss-reactive ketones (excluding diaryl/α,β-unsaturated/α-hetero) is 1. The van der Waals surface area contributed by atoms with E-state index >= 15 is 0 Å². The fourth-order valence-electron chi connectivity index (χ4n) is 0.502. The molecule has 3 nitrogen and oxygen atoms in total. The van der Waals surface area contributed by atoms with Crippen LogP contribution < -0.4 is 5.32 Å². The van der Waals surface area contributed by atoms with Crippen molar-refractivity contribution < 1.29 is 9.59 Å². The third-order valence-electron chi connectivity index (χ3n) is 0.891. The smallest absolute Gasteiger partial charge is 0.287 e. The maximum absolute atomic E-state index is 10.2. The van der Waals surface area contributed by atoms with Crippen LogP contribution in [-0.4, -0.2) is 18.2 Å². The van der Waals surface area contributed by atoms with Crippen molar-refractivity contribution >= 4 is 35.7 Å². The van der Waals surface area contributed by atoms with Gasteiger partial charge in [-0.2, -0.15) is 0 Å². The van der Waals surface area contributed by atoms with Gasteiger partial charge in [-0.05, 0) is 0 Å². The minimum absolute atomic E-state index is 0. The van der Waals surface area contributed by atoms with Gasteiger partial charge >= 0.3 is 0 Å². The Balaban J connectivity index is 0.000000490. The van der Waals surface area contributed by atoms with E-state index in [1.165, 1.54) is 0 Å². The number of carbonyl (C=O) groups is 2.